The number of nitrogens with zero attached hydrogens (tertiary/aromatic N) is 1. The SMILES string of the molecule is CCCCCc1ccc(C2(CC=O)N=C(C)C(CCO)S2)cc1. The van der Waals surface area contributed by atoms with E-state index in [1.165, 1.54) is 24.8 Å². The van der Waals surface area contributed by atoms with Crippen LogP contribution in [0.3, 0.4) is 0 Å². The molecule has 2 unspecified atom stereocenters. The van der Waals surface area contributed by atoms with Crippen LogP contribution in [0.15, 0.2) is 29.3 Å². The fourth-order valence-electron chi connectivity index (χ4n) is 3.06. The first-order chi connectivity index (χ1) is 11.1. The molecule has 1 heterocycles. The first-order valence-electron chi connectivity index (χ1n) is 8.53. The number of thioether (sulfide) groups is 1. The maximum Gasteiger partial charge on any atom is 0.138 e. The summed E-state index contributed by atoms with van der Waals surface area (Å²) < 4.78 is 0. The van der Waals surface area contributed by atoms with Crippen molar-refractivity contribution in [2.75, 3.05) is 6.61 Å². The molecular formula is C19H27NO2S. The van der Waals surface area contributed by atoms with Crippen molar-refractivity contribution in [1.82, 2.24) is 0 Å². The smallest absolute Gasteiger partial charge is 0.138 e. The Bertz CT molecular complexity index is 541. The maximum atomic E-state index is 11.2. The van der Waals surface area contributed by atoms with Crippen molar-refractivity contribution in [3.05, 3.63) is 35.4 Å². The summed E-state index contributed by atoms with van der Waals surface area (Å²) in [5, 5.41) is 9.41. The molecule has 3 nitrogen and oxygen atoms in total. The van der Waals surface area contributed by atoms with Gasteiger partial charge in [-0.15, -0.1) is 11.8 Å². The molecule has 0 bridgehead atoms. The molecule has 4 heteroatoms. The molecule has 23 heavy (non-hydrogen) atoms. The predicted molar refractivity (Wildman–Crippen MR) is 98.2 cm³/mol. The van der Waals surface area contributed by atoms with Gasteiger partial charge in [-0.2, -0.15) is 0 Å². The number of carbonyl (C=O) groups excluding carboxylic acids is 1. The van der Waals surface area contributed by atoms with E-state index in [0.29, 0.717) is 12.8 Å². The Morgan fingerprint density at radius 3 is 2.65 bits per heavy atom. The number of benzene rings is 1. The van der Waals surface area contributed by atoms with Crippen LogP contribution in [-0.2, 0) is 16.1 Å². The number of hydrogen-bond donors (Lipinski definition) is 1. The molecule has 1 N–H and O–H groups in total. The van der Waals surface area contributed by atoms with Gasteiger partial charge in [0.2, 0.25) is 0 Å². The number of hydrogen-bond acceptors (Lipinski definition) is 4. The Kier molecular flexibility index (Phi) is 6.85. The van der Waals surface area contributed by atoms with Crippen LogP contribution in [0.1, 0.15) is 57.1 Å². The normalized spacial score (nSPS) is 23.8. The van der Waals surface area contributed by atoms with Crippen molar-refractivity contribution in [2.24, 2.45) is 4.99 Å². The van der Waals surface area contributed by atoms with Crippen LogP contribution in [0, 0.1) is 0 Å². The van der Waals surface area contributed by atoms with Gasteiger partial charge in [-0.1, -0.05) is 44.0 Å². The highest BCUT2D eigenvalue weighted by Gasteiger charge is 2.41. The van der Waals surface area contributed by atoms with E-state index in [9.17, 15) is 9.90 Å². The Hall–Kier alpha value is -1.13. The van der Waals surface area contributed by atoms with E-state index < -0.39 is 4.87 Å². The molecule has 0 fully saturated rings. The number of aliphatic imine (C=N–C) groups is 1. The predicted octanol–water partition coefficient (Wildman–Crippen LogP) is 4.12. The quantitative estimate of drug-likeness (QED) is 0.546. The summed E-state index contributed by atoms with van der Waals surface area (Å²) in [7, 11) is 0. The lowest BCUT2D eigenvalue weighted by atomic mass is 10.00. The van der Waals surface area contributed by atoms with Crippen LogP contribution in [0.5, 0.6) is 0 Å². The van der Waals surface area contributed by atoms with E-state index in [-0.39, 0.29) is 11.9 Å². The highest BCUT2D eigenvalue weighted by molar-refractivity contribution is 8.01. The largest absolute Gasteiger partial charge is 0.396 e. The van der Waals surface area contributed by atoms with Gasteiger partial charge in [0.15, 0.2) is 0 Å². The van der Waals surface area contributed by atoms with Crippen molar-refractivity contribution in [1.29, 1.82) is 0 Å². The lowest BCUT2D eigenvalue weighted by Crippen LogP contribution is -2.19. The fourth-order valence-corrected chi connectivity index (χ4v) is 4.61. The molecule has 0 saturated carbocycles. The average Bonchev–Trinajstić information content (AvgIpc) is 2.86. The minimum atomic E-state index is -0.506. The highest BCUT2D eigenvalue weighted by atomic mass is 32.2. The van der Waals surface area contributed by atoms with Gasteiger partial charge < -0.3 is 9.90 Å². The zero-order valence-electron chi connectivity index (χ0n) is 14.1. The molecule has 126 valence electrons. The van der Waals surface area contributed by atoms with E-state index in [2.05, 4.69) is 31.2 Å². The van der Waals surface area contributed by atoms with E-state index in [4.69, 9.17) is 4.99 Å². The van der Waals surface area contributed by atoms with Gasteiger partial charge >= 0.3 is 0 Å². The van der Waals surface area contributed by atoms with Gasteiger partial charge in [0.05, 0.1) is 0 Å². The lowest BCUT2D eigenvalue weighted by Gasteiger charge is -2.25. The summed E-state index contributed by atoms with van der Waals surface area (Å²) in [6, 6.07) is 8.58. The van der Waals surface area contributed by atoms with E-state index in [1.807, 2.05) is 6.92 Å². The minimum absolute atomic E-state index is 0.151. The molecule has 0 spiro atoms. The topological polar surface area (TPSA) is 49.7 Å². The third kappa shape index (κ3) is 4.45. The van der Waals surface area contributed by atoms with E-state index in [0.717, 1.165) is 24.0 Å². The third-order valence-corrected chi connectivity index (χ3v) is 6.13. The molecule has 1 aliphatic heterocycles. The molecule has 0 saturated heterocycles. The van der Waals surface area contributed by atoms with Crippen molar-refractivity contribution < 1.29 is 9.90 Å². The summed E-state index contributed by atoms with van der Waals surface area (Å²) in [5.74, 6) is 0. The Labute approximate surface area is 143 Å². The van der Waals surface area contributed by atoms with Crippen molar-refractivity contribution in [3.8, 4) is 0 Å². The van der Waals surface area contributed by atoms with Crippen LogP contribution in [0.4, 0.5) is 0 Å². The van der Waals surface area contributed by atoms with Crippen LogP contribution >= 0.6 is 11.8 Å². The van der Waals surface area contributed by atoms with Crippen molar-refractivity contribution in [3.63, 3.8) is 0 Å². The van der Waals surface area contributed by atoms with E-state index >= 15 is 0 Å². The van der Waals surface area contributed by atoms with Crippen LogP contribution < -0.4 is 0 Å². The second kappa shape index (κ2) is 8.65. The number of carbonyl (C=O) groups is 1. The number of aliphatic hydroxyl groups excluding tert-OH is 1. The van der Waals surface area contributed by atoms with Gasteiger partial charge in [0, 0.05) is 24.0 Å². The number of aliphatic hydroxyl groups is 1. The van der Waals surface area contributed by atoms with Crippen molar-refractivity contribution in [2.45, 2.75) is 62.5 Å². The summed E-state index contributed by atoms with van der Waals surface area (Å²) in [6.45, 7) is 4.36. The van der Waals surface area contributed by atoms with Crippen LogP contribution in [-0.4, -0.2) is 29.0 Å². The molecular weight excluding hydrogens is 306 g/mol. The standard InChI is InChI=1S/C19H27NO2S/c1-3-4-5-6-16-7-9-17(10-8-16)19(12-14-22)20-15(2)18(23-19)11-13-21/h7-10,14,18,21H,3-6,11-13H2,1-2H3. The molecule has 1 aromatic rings. The molecule has 0 radical (unpaired) electrons. The summed E-state index contributed by atoms with van der Waals surface area (Å²) in [4.78, 5) is 15.5. The molecule has 2 rings (SSSR count). The van der Waals surface area contributed by atoms with Gasteiger partial charge in [-0.05, 0) is 37.3 Å². The van der Waals surface area contributed by atoms with Gasteiger partial charge in [0.1, 0.15) is 11.2 Å². The molecule has 0 aromatic heterocycles. The van der Waals surface area contributed by atoms with Crippen LogP contribution in [0.2, 0.25) is 0 Å². The molecule has 1 aliphatic rings. The second-order valence-electron chi connectivity index (χ2n) is 6.18. The first-order valence-corrected chi connectivity index (χ1v) is 9.41. The Morgan fingerprint density at radius 1 is 1.30 bits per heavy atom. The molecule has 0 aliphatic carbocycles. The zero-order chi connectivity index (χ0) is 16.7. The second-order valence-corrected chi connectivity index (χ2v) is 7.66. The van der Waals surface area contributed by atoms with Crippen molar-refractivity contribution >= 4 is 23.8 Å². The summed E-state index contributed by atoms with van der Waals surface area (Å²) in [5.41, 5.74) is 3.46. The Balaban J connectivity index is 2.17. The lowest BCUT2D eigenvalue weighted by molar-refractivity contribution is -0.108. The van der Waals surface area contributed by atoms with Crippen LogP contribution in [0.25, 0.3) is 0 Å². The first kappa shape index (κ1) is 18.2. The average molecular weight is 333 g/mol. The number of aldehydes is 1. The fraction of sp³-hybridized carbons (Fsp3) is 0.579. The minimum Gasteiger partial charge on any atom is -0.396 e. The highest BCUT2D eigenvalue weighted by Crippen LogP contribution is 2.49. The Morgan fingerprint density at radius 2 is 2.04 bits per heavy atom. The van der Waals surface area contributed by atoms with E-state index in [1.54, 1.807) is 11.8 Å². The molecule has 1 aromatic carbocycles. The van der Waals surface area contributed by atoms with Gasteiger partial charge in [0.25, 0.3) is 0 Å². The maximum absolute atomic E-state index is 11.2. The molecule has 2 atom stereocenters. The number of unbranched alkanes of at least 4 members (excludes halogenated alkanes) is 2. The summed E-state index contributed by atoms with van der Waals surface area (Å²) in [6.07, 6.45) is 6.86. The summed E-state index contributed by atoms with van der Waals surface area (Å²) >= 11 is 1.70. The van der Waals surface area contributed by atoms with Gasteiger partial charge in [-0.3, -0.25) is 4.99 Å². The number of rotatable bonds is 9. The van der Waals surface area contributed by atoms with Gasteiger partial charge in [-0.25, -0.2) is 0 Å². The third-order valence-electron chi connectivity index (χ3n) is 4.39. The molecule has 0 amide bonds. The monoisotopic (exact) mass is 333 g/mol. The number of aryl methyl sites for hydroxylation is 1. The zero-order valence-corrected chi connectivity index (χ0v) is 14.9.